The summed E-state index contributed by atoms with van der Waals surface area (Å²) in [7, 11) is -3.87. The third-order valence-electron chi connectivity index (χ3n) is 4.22. The van der Waals surface area contributed by atoms with Crippen LogP contribution in [0.15, 0.2) is 60.0 Å². The maximum absolute atomic E-state index is 12.6. The van der Waals surface area contributed by atoms with E-state index in [1.165, 1.54) is 11.0 Å². The Morgan fingerprint density at radius 2 is 1.82 bits per heavy atom. The van der Waals surface area contributed by atoms with Crippen LogP contribution in [-0.4, -0.2) is 46.6 Å². The molecule has 0 fully saturated rings. The third-order valence-corrected chi connectivity index (χ3v) is 5.26. The predicted molar refractivity (Wildman–Crippen MR) is 124 cm³/mol. The summed E-state index contributed by atoms with van der Waals surface area (Å²) in [5, 5.41) is 9.82. The first-order chi connectivity index (χ1) is 15.8. The van der Waals surface area contributed by atoms with Crippen LogP contribution in [0.5, 0.6) is 5.75 Å². The molecule has 10 heteroatoms. The van der Waals surface area contributed by atoms with E-state index in [1.54, 1.807) is 54.6 Å². The standard InChI is InChI=1S/C23H25N3O6S/c1-2-31-21-11-9-20(10-12-21)26(15-6-14-24)22(27)18-32-23(28)17-25-33(29,30)16-13-19-7-4-3-5-8-19/h3-5,7-13,16,25H,2,6,15,17-18H2,1H3/b16-13+. The van der Waals surface area contributed by atoms with Gasteiger partial charge < -0.3 is 14.4 Å². The van der Waals surface area contributed by atoms with Crippen LogP contribution < -0.4 is 14.4 Å². The van der Waals surface area contributed by atoms with Gasteiger partial charge in [-0.05, 0) is 42.8 Å². The molecule has 0 saturated heterocycles. The van der Waals surface area contributed by atoms with Crippen molar-refractivity contribution in [1.29, 1.82) is 5.26 Å². The highest BCUT2D eigenvalue weighted by molar-refractivity contribution is 7.92. The van der Waals surface area contributed by atoms with Gasteiger partial charge in [0.25, 0.3) is 5.91 Å². The lowest BCUT2D eigenvalue weighted by Gasteiger charge is -2.22. The second-order valence-electron chi connectivity index (χ2n) is 6.62. The van der Waals surface area contributed by atoms with E-state index in [9.17, 15) is 18.0 Å². The molecule has 0 radical (unpaired) electrons. The Morgan fingerprint density at radius 3 is 2.45 bits per heavy atom. The molecule has 0 heterocycles. The maximum Gasteiger partial charge on any atom is 0.321 e. The molecule has 0 atom stereocenters. The lowest BCUT2D eigenvalue weighted by molar-refractivity contribution is -0.146. The van der Waals surface area contributed by atoms with Crippen LogP contribution >= 0.6 is 0 Å². The van der Waals surface area contributed by atoms with Gasteiger partial charge in [-0.1, -0.05) is 30.3 Å². The Morgan fingerprint density at radius 1 is 1.12 bits per heavy atom. The largest absolute Gasteiger partial charge is 0.494 e. The zero-order valence-corrected chi connectivity index (χ0v) is 19.0. The van der Waals surface area contributed by atoms with Gasteiger partial charge in [-0.3, -0.25) is 9.59 Å². The Hall–Kier alpha value is -3.68. The quantitative estimate of drug-likeness (QED) is 0.471. The number of benzene rings is 2. The van der Waals surface area contributed by atoms with Gasteiger partial charge in [0.1, 0.15) is 12.3 Å². The van der Waals surface area contributed by atoms with Gasteiger partial charge in [0.05, 0.1) is 19.1 Å². The fourth-order valence-electron chi connectivity index (χ4n) is 2.66. The molecule has 174 valence electrons. The van der Waals surface area contributed by atoms with E-state index < -0.39 is 35.1 Å². The van der Waals surface area contributed by atoms with E-state index in [1.807, 2.05) is 13.0 Å². The van der Waals surface area contributed by atoms with E-state index >= 15 is 0 Å². The highest BCUT2D eigenvalue weighted by Crippen LogP contribution is 2.20. The first-order valence-corrected chi connectivity index (χ1v) is 11.7. The molecule has 0 bridgehead atoms. The van der Waals surface area contributed by atoms with Crippen LogP contribution in [0.2, 0.25) is 0 Å². The van der Waals surface area contributed by atoms with Gasteiger partial charge in [-0.2, -0.15) is 5.26 Å². The number of nitriles is 1. The van der Waals surface area contributed by atoms with E-state index in [0.717, 1.165) is 5.41 Å². The number of ether oxygens (including phenoxy) is 2. The average molecular weight is 472 g/mol. The van der Waals surface area contributed by atoms with Crippen molar-refractivity contribution < 1.29 is 27.5 Å². The van der Waals surface area contributed by atoms with Crippen LogP contribution in [0.1, 0.15) is 18.9 Å². The van der Waals surface area contributed by atoms with E-state index in [-0.39, 0.29) is 13.0 Å². The molecule has 0 unspecified atom stereocenters. The van der Waals surface area contributed by atoms with E-state index in [0.29, 0.717) is 23.6 Å². The summed E-state index contributed by atoms with van der Waals surface area (Å²) in [5.74, 6) is -0.824. The molecule has 0 aliphatic carbocycles. The number of sulfonamides is 1. The van der Waals surface area contributed by atoms with Crippen molar-refractivity contribution in [2.75, 3.05) is 31.2 Å². The van der Waals surface area contributed by atoms with Crippen LogP contribution in [0.25, 0.3) is 6.08 Å². The summed E-state index contributed by atoms with van der Waals surface area (Å²) < 4.78 is 36.4. The SMILES string of the molecule is CCOc1ccc(N(CCC#N)C(=O)COC(=O)CNS(=O)(=O)/C=C/c2ccccc2)cc1. The fraction of sp³-hybridized carbons (Fsp3) is 0.261. The number of hydrogen-bond acceptors (Lipinski definition) is 7. The summed E-state index contributed by atoms with van der Waals surface area (Å²) in [5.41, 5.74) is 1.20. The lowest BCUT2D eigenvalue weighted by atomic mass is 10.2. The Labute approximate surface area is 193 Å². The summed E-state index contributed by atoms with van der Waals surface area (Å²) in [6.45, 7) is 1.23. The van der Waals surface area contributed by atoms with Crippen molar-refractivity contribution >= 4 is 33.7 Å². The topological polar surface area (TPSA) is 126 Å². The molecule has 33 heavy (non-hydrogen) atoms. The summed E-state index contributed by atoms with van der Waals surface area (Å²) in [6, 6.07) is 17.5. The molecule has 2 rings (SSSR count). The highest BCUT2D eigenvalue weighted by atomic mass is 32.2. The van der Waals surface area contributed by atoms with Crippen LogP contribution in [0.4, 0.5) is 5.69 Å². The fourth-order valence-corrected chi connectivity index (χ4v) is 3.41. The van der Waals surface area contributed by atoms with Crippen molar-refractivity contribution in [3.05, 3.63) is 65.6 Å². The van der Waals surface area contributed by atoms with E-state index in [2.05, 4.69) is 4.72 Å². The monoisotopic (exact) mass is 471 g/mol. The second kappa shape index (κ2) is 13.0. The summed E-state index contributed by atoms with van der Waals surface area (Å²) in [6.07, 6.45) is 1.47. The molecule has 9 nitrogen and oxygen atoms in total. The summed E-state index contributed by atoms with van der Waals surface area (Å²) >= 11 is 0. The highest BCUT2D eigenvalue weighted by Gasteiger charge is 2.18. The van der Waals surface area contributed by atoms with Crippen LogP contribution in [0, 0.1) is 11.3 Å². The lowest BCUT2D eigenvalue weighted by Crippen LogP contribution is -2.37. The van der Waals surface area contributed by atoms with Gasteiger partial charge in [0, 0.05) is 17.6 Å². The van der Waals surface area contributed by atoms with Crippen LogP contribution in [-0.2, 0) is 24.3 Å². The number of esters is 1. The first kappa shape index (κ1) is 25.6. The van der Waals surface area contributed by atoms with Gasteiger partial charge in [0.2, 0.25) is 10.0 Å². The maximum atomic E-state index is 12.6. The molecule has 2 aromatic rings. The van der Waals surface area contributed by atoms with Crippen molar-refractivity contribution in [1.82, 2.24) is 4.72 Å². The molecule has 0 aromatic heterocycles. The Balaban J connectivity index is 1.89. The van der Waals surface area contributed by atoms with Crippen LogP contribution in [0.3, 0.4) is 0 Å². The zero-order chi connectivity index (χ0) is 24.1. The summed E-state index contributed by atoms with van der Waals surface area (Å²) in [4.78, 5) is 25.8. The Kier molecular flexibility index (Phi) is 10.1. The molecule has 0 spiro atoms. The van der Waals surface area contributed by atoms with Crippen molar-refractivity contribution in [3.8, 4) is 11.8 Å². The average Bonchev–Trinajstić information content (AvgIpc) is 2.82. The minimum Gasteiger partial charge on any atom is -0.494 e. The Bertz CT molecular complexity index is 1090. The van der Waals surface area contributed by atoms with E-state index in [4.69, 9.17) is 14.7 Å². The zero-order valence-electron chi connectivity index (χ0n) is 18.1. The molecule has 0 saturated carbocycles. The number of anilines is 1. The number of nitrogens with one attached hydrogen (secondary N) is 1. The van der Waals surface area contributed by atoms with Gasteiger partial charge >= 0.3 is 5.97 Å². The molecule has 1 N–H and O–H groups in total. The molecule has 0 aliphatic rings. The number of amides is 1. The molecular weight excluding hydrogens is 446 g/mol. The normalized spacial score (nSPS) is 11.0. The number of carbonyl (C=O) groups is 2. The predicted octanol–water partition coefficient (Wildman–Crippen LogP) is 2.47. The smallest absolute Gasteiger partial charge is 0.321 e. The second-order valence-corrected chi connectivity index (χ2v) is 8.27. The van der Waals surface area contributed by atoms with Crippen molar-refractivity contribution in [2.24, 2.45) is 0 Å². The van der Waals surface area contributed by atoms with Crippen molar-refractivity contribution in [3.63, 3.8) is 0 Å². The number of rotatable bonds is 12. The third kappa shape index (κ3) is 9.14. The molecule has 0 aliphatic heterocycles. The minimum absolute atomic E-state index is 0.0838. The number of carbonyl (C=O) groups excluding carboxylic acids is 2. The molecular formula is C23H25N3O6S. The van der Waals surface area contributed by atoms with Gasteiger partial charge in [0.15, 0.2) is 6.61 Å². The minimum atomic E-state index is -3.87. The number of nitrogens with zero attached hydrogens (tertiary/aromatic N) is 2. The molecule has 2 aromatic carbocycles. The first-order valence-electron chi connectivity index (χ1n) is 10.1. The van der Waals surface area contributed by atoms with Gasteiger partial charge in [-0.25, -0.2) is 13.1 Å². The molecule has 1 amide bonds. The number of hydrogen-bond donors (Lipinski definition) is 1. The van der Waals surface area contributed by atoms with Crippen molar-refractivity contribution in [2.45, 2.75) is 13.3 Å². The van der Waals surface area contributed by atoms with Gasteiger partial charge in [-0.15, -0.1) is 0 Å².